The van der Waals surface area contributed by atoms with Gasteiger partial charge in [-0.3, -0.25) is 4.79 Å². The van der Waals surface area contributed by atoms with Crippen molar-refractivity contribution in [3.63, 3.8) is 0 Å². The first-order valence-electron chi connectivity index (χ1n) is 7.35. The largest absolute Gasteiger partial charge is 0.484 e. The molecule has 1 amide bonds. The highest BCUT2D eigenvalue weighted by atomic mass is 16.5. The van der Waals surface area contributed by atoms with Crippen molar-refractivity contribution >= 4 is 5.91 Å². The molecule has 0 radical (unpaired) electrons. The SMILES string of the molecule is O=C(COc1ccc2c(c1)CCCC2)N1CCCC1. The third kappa shape index (κ3) is 2.91. The van der Waals surface area contributed by atoms with Crippen molar-refractivity contribution in [1.82, 2.24) is 4.90 Å². The highest BCUT2D eigenvalue weighted by Crippen LogP contribution is 2.25. The minimum atomic E-state index is 0.121. The molecule has 1 aromatic rings. The Kier molecular flexibility index (Phi) is 3.72. The molecule has 3 rings (SSSR count). The summed E-state index contributed by atoms with van der Waals surface area (Å²) < 4.78 is 5.66. The van der Waals surface area contributed by atoms with Crippen molar-refractivity contribution in [2.75, 3.05) is 19.7 Å². The van der Waals surface area contributed by atoms with Gasteiger partial charge < -0.3 is 9.64 Å². The van der Waals surface area contributed by atoms with E-state index in [2.05, 4.69) is 12.1 Å². The second kappa shape index (κ2) is 5.64. The molecule has 19 heavy (non-hydrogen) atoms. The lowest BCUT2D eigenvalue weighted by Crippen LogP contribution is -2.32. The molecule has 2 aliphatic rings. The van der Waals surface area contributed by atoms with Crippen LogP contribution in [-0.2, 0) is 17.6 Å². The van der Waals surface area contributed by atoms with Gasteiger partial charge in [-0.1, -0.05) is 6.07 Å². The number of nitrogens with zero attached hydrogens (tertiary/aromatic N) is 1. The van der Waals surface area contributed by atoms with Crippen molar-refractivity contribution in [2.24, 2.45) is 0 Å². The van der Waals surface area contributed by atoms with Gasteiger partial charge in [-0.15, -0.1) is 0 Å². The molecule has 1 fully saturated rings. The van der Waals surface area contributed by atoms with E-state index in [9.17, 15) is 4.79 Å². The number of rotatable bonds is 3. The summed E-state index contributed by atoms with van der Waals surface area (Å²) in [5, 5.41) is 0. The molecule has 1 heterocycles. The molecule has 3 nitrogen and oxygen atoms in total. The molecule has 0 unspecified atom stereocenters. The van der Waals surface area contributed by atoms with E-state index in [-0.39, 0.29) is 12.5 Å². The van der Waals surface area contributed by atoms with Crippen molar-refractivity contribution in [2.45, 2.75) is 38.5 Å². The molecular weight excluding hydrogens is 238 g/mol. The molecule has 0 atom stereocenters. The summed E-state index contributed by atoms with van der Waals surface area (Å²) in [5.41, 5.74) is 2.85. The fraction of sp³-hybridized carbons (Fsp3) is 0.562. The highest BCUT2D eigenvalue weighted by Gasteiger charge is 2.18. The van der Waals surface area contributed by atoms with Crippen LogP contribution in [0.15, 0.2) is 18.2 Å². The molecule has 1 aliphatic carbocycles. The molecule has 0 saturated carbocycles. The Hall–Kier alpha value is -1.51. The normalized spacial score (nSPS) is 18.2. The van der Waals surface area contributed by atoms with Gasteiger partial charge in [-0.05, 0) is 61.8 Å². The minimum absolute atomic E-state index is 0.121. The van der Waals surface area contributed by atoms with E-state index in [4.69, 9.17) is 4.74 Å². The van der Waals surface area contributed by atoms with Gasteiger partial charge in [0.15, 0.2) is 6.61 Å². The molecule has 0 spiro atoms. The highest BCUT2D eigenvalue weighted by molar-refractivity contribution is 5.78. The predicted molar refractivity (Wildman–Crippen MR) is 74.4 cm³/mol. The van der Waals surface area contributed by atoms with Crippen LogP contribution < -0.4 is 4.74 Å². The van der Waals surface area contributed by atoms with E-state index in [1.165, 1.54) is 30.4 Å². The van der Waals surface area contributed by atoms with Gasteiger partial charge in [0.2, 0.25) is 0 Å². The van der Waals surface area contributed by atoms with Crippen LogP contribution in [0.3, 0.4) is 0 Å². The summed E-state index contributed by atoms with van der Waals surface area (Å²) in [6.07, 6.45) is 7.15. The number of amides is 1. The molecule has 0 bridgehead atoms. The number of ether oxygens (including phenoxy) is 1. The number of carbonyl (C=O) groups excluding carboxylic acids is 1. The van der Waals surface area contributed by atoms with E-state index in [1.54, 1.807) is 0 Å². The first kappa shape index (κ1) is 12.5. The van der Waals surface area contributed by atoms with Crippen LogP contribution >= 0.6 is 0 Å². The standard InChI is InChI=1S/C16H21NO2/c18-16(17-9-3-4-10-17)12-19-15-8-7-13-5-1-2-6-14(13)11-15/h7-8,11H,1-6,9-10,12H2. The number of benzene rings is 1. The van der Waals surface area contributed by atoms with Crippen LogP contribution in [0.1, 0.15) is 36.8 Å². The lowest BCUT2D eigenvalue weighted by atomic mass is 9.92. The summed E-state index contributed by atoms with van der Waals surface area (Å²) in [6, 6.07) is 6.28. The van der Waals surface area contributed by atoms with Crippen LogP contribution in [0.4, 0.5) is 0 Å². The van der Waals surface area contributed by atoms with Crippen LogP contribution in [0.2, 0.25) is 0 Å². The summed E-state index contributed by atoms with van der Waals surface area (Å²) in [4.78, 5) is 13.8. The molecule has 0 N–H and O–H groups in total. The van der Waals surface area contributed by atoms with Gasteiger partial charge in [-0.25, -0.2) is 0 Å². The first-order valence-corrected chi connectivity index (χ1v) is 7.35. The summed E-state index contributed by atoms with van der Waals surface area (Å²) in [5.74, 6) is 0.961. The Morgan fingerprint density at radius 2 is 1.79 bits per heavy atom. The van der Waals surface area contributed by atoms with E-state index >= 15 is 0 Å². The summed E-state index contributed by atoms with van der Waals surface area (Å²) in [7, 11) is 0. The monoisotopic (exact) mass is 259 g/mol. The second-order valence-corrected chi connectivity index (χ2v) is 5.51. The Labute approximate surface area is 114 Å². The second-order valence-electron chi connectivity index (χ2n) is 5.51. The lowest BCUT2D eigenvalue weighted by Gasteiger charge is -2.18. The van der Waals surface area contributed by atoms with E-state index < -0.39 is 0 Å². The molecule has 1 aliphatic heterocycles. The number of carbonyl (C=O) groups is 1. The van der Waals surface area contributed by atoms with E-state index in [1.807, 2.05) is 11.0 Å². The first-order chi connectivity index (χ1) is 9.33. The van der Waals surface area contributed by atoms with Crippen molar-refractivity contribution in [3.05, 3.63) is 29.3 Å². The molecule has 1 aromatic carbocycles. The summed E-state index contributed by atoms with van der Waals surface area (Å²) >= 11 is 0. The molecule has 3 heteroatoms. The van der Waals surface area contributed by atoms with Crippen molar-refractivity contribution in [1.29, 1.82) is 0 Å². The van der Waals surface area contributed by atoms with Crippen LogP contribution in [-0.4, -0.2) is 30.5 Å². The third-order valence-electron chi connectivity index (χ3n) is 4.14. The van der Waals surface area contributed by atoms with Crippen molar-refractivity contribution in [3.8, 4) is 5.75 Å². The summed E-state index contributed by atoms with van der Waals surface area (Å²) in [6.45, 7) is 1.97. The number of fused-ring (bicyclic) bond motifs is 1. The number of hydrogen-bond donors (Lipinski definition) is 0. The zero-order valence-electron chi connectivity index (χ0n) is 11.4. The van der Waals surface area contributed by atoms with Gasteiger partial charge >= 0.3 is 0 Å². The van der Waals surface area contributed by atoms with Crippen LogP contribution in [0, 0.1) is 0 Å². The lowest BCUT2D eigenvalue weighted by molar-refractivity contribution is -0.132. The van der Waals surface area contributed by atoms with Crippen molar-refractivity contribution < 1.29 is 9.53 Å². The molecule has 1 saturated heterocycles. The van der Waals surface area contributed by atoms with Gasteiger partial charge in [0.05, 0.1) is 0 Å². The topological polar surface area (TPSA) is 29.5 Å². The maximum atomic E-state index is 11.9. The van der Waals surface area contributed by atoms with E-state index in [0.717, 1.165) is 38.1 Å². The zero-order chi connectivity index (χ0) is 13.1. The van der Waals surface area contributed by atoms with E-state index in [0.29, 0.717) is 0 Å². The Morgan fingerprint density at radius 1 is 1.05 bits per heavy atom. The zero-order valence-corrected chi connectivity index (χ0v) is 11.4. The third-order valence-corrected chi connectivity index (χ3v) is 4.14. The number of aryl methyl sites for hydroxylation is 2. The Morgan fingerprint density at radius 3 is 2.58 bits per heavy atom. The fourth-order valence-corrected chi connectivity index (χ4v) is 3.00. The Bertz CT molecular complexity index is 464. The molecule has 102 valence electrons. The minimum Gasteiger partial charge on any atom is -0.484 e. The van der Waals surface area contributed by atoms with Crippen LogP contribution in [0.25, 0.3) is 0 Å². The average Bonchev–Trinajstić information content (AvgIpc) is 2.99. The number of likely N-dealkylation sites (tertiary alicyclic amines) is 1. The average molecular weight is 259 g/mol. The maximum Gasteiger partial charge on any atom is 0.260 e. The maximum absolute atomic E-state index is 11.9. The van der Waals surface area contributed by atoms with Gasteiger partial charge in [0.1, 0.15) is 5.75 Å². The molecule has 0 aromatic heterocycles. The Balaban J connectivity index is 1.59. The fourth-order valence-electron chi connectivity index (χ4n) is 3.00. The molecular formula is C16H21NO2. The quantitative estimate of drug-likeness (QED) is 0.835. The number of hydrogen-bond acceptors (Lipinski definition) is 2. The van der Waals surface area contributed by atoms with Gasteiger partial charge in [0, 0.05) is 13.1 Å². The predicted octanol–water partition coefficient (Wildman–Crippen LogP) is 2.57. The van der Waals surface area contributed by atoms with Gasteiger partial charge in [0.25, 0.3) is 5.91 Å². The van der Waals surface area contributed by atoms with Crippen LogP contribution in [0.5, 0.6) is 5.75 Å². The van der Waals surface area contributed by atoms with Gasteiger partial charge in [-0.2, -0.15) is 0 Å². The smallest absolute Gasteiger partial charge is 0.260 e.